The lowest BCUT2D eigenvalue weighted by Crippen LogP contribution is -2.34. The van der Waals surface area contributed by atoms with Crippen molar-refractivity contribution >= 4 is 11.8 Å². The first-order chi connectivity index (χ1) is 9.25. The van der Waals surface area contributed by atoms with Gasteiger partial charge in [-0.15, -0.1) is 0 Å². The Labute approximate surface area is 113 Å². The summed E-state index contributed by atoms with van der Waals surface area (Å²) in [4.78, 5) is 22.7. The first-order valence-electron chi connectivity index (χ1n) is 7.12. The van der Waals surface area contributed by atoms with Gasteiger partial charge in [-0.05, 0) is 32.4 Å². The molecule has 108 valence electrons. The van der Waals surface area contributed by atoms with Crippen molar-refractivity contribution in [3.05, 3.63) is 0 Å². The zero-order valence-electron chi connectivity index (χ0n) is 11.2. The van der Waals surface area contributed by atoms with Gasteiger partial charge in [0.05, 0.1) is 12.0 Å². The number of piperidine rings is 1. The minimum absolute atomic E-state index is 0.0276. The van der Waals surface area contributed by atoms with E-state index in [0.717, 1.165) is 32.4 Å². The molecule has 2 aliphatic heterocycles. The number of hydrogen-bond acceptors (Lipinski definition) is 4. The molecular weight excluding hydrogens is 246 g/mol. The summed E-state index contributed by atoms with van der Waals surface area (Å²) in [5.74, 6) is -0.257. The molecule has 0 bridgehead atoms. The normalized spacial score (nSPS) is 24.2. The van der Waals surface area contributed by atoms with Gasteiger partial charge in [-0.25, -0.2) is 0 Å². The molecule has 0 saturated carbocycles. The number of amides is 2. The minimum atomic E-state index is -0.196. The zero-order chi connectivity index (χ0) is 13.5. The van der Waals surface area contributed by atoms with E-state index in [4.69, 9.17) is 4.74 Å². The summed E-state index contributed by atoms with van der Waals surface area (Å²) in [5.41, 5.74) is 0. The van der Waals surface area contributed by atoms with Crippen LogP contribution in [0.2, 0.25) is 0 Å². The van der Waals surface area contributed by atoms with Gasteiger partial charge < -0.3 is 20.7 Å². The molecule has 2 fully saturated rings. The smallest absolute Gasteiger partial charge is 0.225 e. The quantitative estimate of drug-likeness (QED) is 0.562. The maximum Gasteiger partial charge on any atom is 0.225 e. The van der Waals surface area contributed by atoms with E-state index in [1.54, 1.807) is 0 Å². The molecule has 19 heavy (non-hydrogen) atoms. The second-order valence-electron chi connectivity index (χ2n) is 5.17. The number of hydrogen-bond donors (Lipinski definition) is 3. The monoisotopic (exact) mass is 269 g/mol. The second kappa shape index (κ2) is 7.45. The van der Waals surface area contributed by atoms with Crippen LogP contribution in [0.4, 0.5) is 0 Å². The third-order valence-corrected chi connectivity index (χ3v) is 3.61. The van der Waals surface area contributed by atoms with Gasteiger partial charge in [0.15, 0.2) is 0 Å². The molecular formula is C13H23N3O3. The summed E-state index contributed by atoms with van der Waals surface area (Å²) in [6.07, 6.45) is 3.65. The molecule has 1 unspecified atom stereocenters. The molecule has 0 aromatic rings. The summed E-state index contributed by atoms with van der Waals surface area (Å²) < 4.78 is 5.75. The first kappa shape index (κ1) is 14.3. The molecule has 6 heteroatoms. The van der Waals surface area contributed by atoms with Crippen molar-refractivity contribution in [1.29, 1.82) is 0 Å². The van der Waals surface area contributed by atoms with Gasteiger partial charge in [0.1, 0.15) is 0 Å². The fourth-order valence-corrected chi connectivity index (χ4v) is 2.43. The molecule has 2 aliphatic rings. The van der Waals surface area contributed by atoms with Crippen LogP contribution in [0.25, 0.3) is 0 Å². The molecule has 1 atom stereocenters. The minimum Gasteiger partial charge on any atom is -0.378 e. The molecule has 0 aromatic carbocycles. The molecule has 0 aromatic heterocycles. The highest BCUT2D eigenvalue weighted by Crippen LogP contribution is 2.09. The molecule has 2 amide bonds. The van der Waals surface area contributed by atoms with Crippen molar-refractivity contribution < 1.29 is 14.3 Å². The van der Waals surface area contributed by atoms with Gasteiger partial charge >= 0.3 is 0 Å². The number of nitrogens with one attached hydrogen (secondary N) is 3. The fourth-order valence-electron chi connectivity index (χ4n) is 2.43. The Kier molecular flexibility index (Phi) is 5.60. The van der Waals surface area contributed by atoms with Gasteiger partial charge in [-0.2, -0.15) is 0 Å². The van der Waals surface area contributed by atoms with E-state index in [1.165, 1.54) is 0 Å². The van der Waals surface area contributed by atoms with Crippen LogP contribution < -0.4 is 16.0 Å². The van der Waals surface area contributed by atoms with Gasteiger partial charge in [0.25, 0.3) is 0 Å². The topological polar surface area (TPSA) is 79.5 Å². The van der Waals surface area contributed by atoms with E-state index in [1.807, 2.05) is 0 Å². The van der Waals surface area contributed by atoms with Crippen molar-refractivity contribution in [3.63, 3.8) is 0 Å². The third kappa shape index (κ3) is 4.80. The van der Waals surface area contributed by atoms with Crippen LogP contribution in [0.5, 0.6) is 0 Å². The lowest BCUT2D eigenvalue weighted by molar-refractivity contribution is -0.126. The standard InChI is InChI=1S/C13H23N3O3/c17-12-8-10(9-16-12)13(18)15-4-1-7-19-11-2-5-14-6-3-11/h10-11,14H,1-9H2,(H,15,18)(H,16,17). The Morgan fingerprint density at radius 2 is 2.16 bits per heavy atom. The number of rotatable bonds is 6. The van der Waals surface area contributed by atoms with Crippen molar-refractivity contribution in [2.75, 3.05) is 32.8 Å². The van der Waals surface area contributed by atoms with Crippen LogP contribution in [0.1, 0.15) is 25.7 Å². The Hall–Kier alpha value is -1.14. The van der Waals surface area contributed by atoms with Crippen LogP contribution >= 0.6 is 0 Å². The van der Waals surface area contributed by atoms with Gasteiger partial charge in [-0.3, -0.25) is 9.59 Å². The number of carbonyl (C=O) groups excluding carboxylic acids is 2. The highest BCUT2D eigenvalue weighted by molar-refractivity contribution is 5.89. The molecule has 6 nitrogen and oxygen atoms in total. The molecule has 2 saturated heterocycles. The summed E-state index contributed by atoms with van der Waals surface area (Å²) in [6.45, 7) is 3.84. The van der Waals surface area contributed by atoms with E-state index in [2.05, 4.69) is 16.0 Å². The molecule has 0 spiro atoms. The lowest BCUT2D eigenvalue weighted by Gasteiger charge is -2.22. The number of ether oxygens (including phenoxy) is 1. The van der Waals surface area contributed by atoms with Crippen molar-refractivity contribution in [2.24, 2.45) is 5.92 Å². The van der Waals surface area contributed by atoms with Crippen LogP contribution in [0, 0.1) is 5.92 Å². The molecule has 0 radical (unpaired) electrons. The summed E-state index contributed by atoms with van der Waals surface area (Å²) >= 11 is 0. The Balaban J connectivity index is 1.49. The Bertz CT molecular complexity index is 316. The van der Waals surface area contributed by atoms with Crippen molar-refractivity contribution in [3.8, 4) is 0 Å². The predicted molar refractivity (Wildman–Crippen MR) is 70.6 cm³/mol. The second-order valence-corrected chi connectivity index (χ2v) is 5.17. The van der Waals surface area contributed by atoms with Gasteiger partial charge in [-0.1, -0.05) is 0 Å². The van der Waals surface area contributed by atoms with Crippen LogP contribution in [0.15, 0.2) is 0 Å². The van der Waals surface area contributed by atoms with E-state index in [-0.39, 0.29) is 17.7 Å². The fraction of sp³-hybridized carbons (Fsp3) is 0.846. The Morgan fingerprint density at radius 1 is 1.37 bits per heavy atom. The number of carbonyl (C=O) groups is 2. The van der Waals surface area contributed by atoms with E-state index < -0.39 is 0 Å². The van der Waals surface area contributed by atoms with Crippen LogP contribution in [-0.2, 0) is 14.3 Å². The average Bonchev–Trinajstić information content (AvgIpc) is 2.86. The highest BCUT2D eigenvalue weighted by Gasteiger charge is 2.27. The molecule has 2 rings (SSSR count). The van der Waals surface area contributed by atoms with Crippen LogP contribution in [0.3, 0.4) is 0 Å². The van der Waals surface area contributed by atoms with E-state index >= 15 is 0 Å². The molecule has 0 aliphatic carbocycles. The van der Waals surface area contributed by atoms with Crippen molar-refractivity contribution in [1.82, 2.24) is 16.0 Å². The molecule has 3 N–H and O–H groups in total. The maximum absolute atomic E-state index is 11.7. The van der Waals surface area contributed by atoms with E-state index in [9.17, 15) is 9.59 Å². The zero-order valence-corrected chi connectivity index (χ0v) is 11.2. The Morgan fingerprint density at radius 3 is 2.84 bits per heavy atom. The van der Waals surface area contributed by atoms with Crippen LogP contribution in [-0.4, -0.2) is 50.7 Å². The maximum atomic E-state index is 11.7. The third-order valence-electron chi connectivity index (χ3n) is 3.61. The summed E-state index contributed by atoms with van der Waals surface area (Å²) in [7, 11) is 0. The lowest BCUT2D eigenvalue weighted by atomic mass is 10.1. The molecule has 2 heterocycles. The van der Waals surface area contributed by atoms with E-state index in [0.29, 0.717) is 32.2 Å². The van der Waals surface area contributed by atoms with Gasteiger partial charge in [0.2, 0.25) is 11.8 Å². The largest absolute Gasteiger partial charge is 0.378 e. The predicted octanol–water partition coefficient (Wildman–Crippen LogP) is -0.603. The summed E-state index contributed by atoms with van der Waals surface area (Å²) in [6, 6.07) is 0. The summed E-state index contributed by atoms with van der Waals surface area (Å²) in [5, 5.41) is 8.82. The van der Waals surface area contributed by atoms with Gasteiger partial charge in [0, 0.05) is 26.1 Å². The average molecular weight is 269 g/mol. The SMILES string of the molecule is O=C1CC(C(=O)NCCCOC2CCNCC2)CN1. The highest BCUT2D eigenvalue weighted by atomic mass is 16.5. The first-order valence-corrected chi connectivity index (χ1v) is 7.12. The van der Waals surface area contributed by atoms with Crippen molar-refractivity contribution in [2.45, 2.75) is 31.8 Å².